The summed E-state index contributed by atoms with van der Waals surface area (Å²) < 4.78 is 18.0. The van der Waals surface area contributed by atoms with Crippen LogP contribution in [0.1, 0.15) is 24.3 Å². The maximum atomic E-state index is 13.8. The Kier molecular flexibility index (Phi) is 7.78. The number of methoxy groups -OCH3 is 1. The first-order chi connectivity index (χ1) is 19.3. The second-order valence-electron chi connectivity index (χ2n) is 8.74. The molecule has 0 unspecified atom stereocenters. The summed E-state index contributed by atoms with van der Waals surface area (Å²) in [5.41, 5.74) is 1.24. The number of nitro groups is 1. The Balaban J connectivity index is 1.60. The average Bonchev–Trinajstić information content (AvgIpc) is 3.53. The van der Waals surface area contributed by atoms with Gasteiger partial charge in [-0.1, -0.05) is 53.3 Å². The van der Waals surface area contributed by atoms with Crippen LogP contribution in [0.3, 0.4) is 0 Å². The molecule has 0 spiro atoms. The summed E-state index contributed by atoms with van der Waals surface area (Å²) in [6.07, 6.45) is 1.57. The lowest BCUT2D eigenvalue weighted by molar-refractivity contribution is -0.384. The SMILES string of the molecule is COCCOC(=O)C1=C(C)N=c2s/c(=C\c3ccc(-c4cccc([N+](=O)[O-])c4)o3)c(=O)n2[C@H]1c1ccccc1Cl. The van der Waals surface area contributed by atoms with E-state index < -0.39 is 22.5 Å². The Labute approximate surface area is 236 Å². The number of hydrogen-bond acceptors (Lipinski definition) is 9. The molecule has 0 radical (unpaired) electrons. The van der Waals surface area contributed by atoms with E-state index in [1.54, 1.807) is 61.5 Å². The first kappa shape index (κ1) is 27.3. The van der Waals surface area contributed by atoms with Crippen LogP contribution in [0.15, 0.2) is 86.1 Å². The van der Waals surface area contributed by atoms with Gasteiger partial charge >= 0.3 is 5.97 Å². The number of fused-ring (bicyclic) bond motifs is 1. The molecule has 2 aromatic heterocycles. The Hall–Kier alpha value is -4.32. The van der Waals surface area contributed by atoms with Crippen molar-refractivity contribution in [3.63, 3.8) is 0 Å². The van der Waals surface area contributed by atoms with Gasteiger partial charge in [0.2, 0.25) is 0 Å². The zero-order valence-corrected chi connectivity index (χ0v) is 22.9. The van der Waals surface area contributed by atoms with E-state index in [1.807, 2.05) is 0 Å². The minimum Gasteiger partial charge on any atom is -0.460 e. The molecule has 2 aromatic carbocycles. The fourth-order valence-electron chi connectivity index (χ4n) is 4.36. The molecule has 0 saturated carbocycles. The number of esters is 1. The number of allylic oxidation sites excluding steroid dienone is 1. The van der Waals surface area contributed by atoms with Gasteiger partial charge in [0.1, 0.15) is 24.2 Å². The summed E-state index contributed by atoms with van der Waals surface area (Å²) >= 11 is 7.69. The fourth-order valence-corrected chi connectivity index (χ4v) is 5.62. The highest BCUT2D eigenvalue weighted by Gasteiger charge is 2.34. The Morgan fingerprint density at radius 1 is 1.20 bits per heavy atom. The molecule has 0 amide bonds. The molecule has 3 heterocycles. The van der Waals surface area contributed by atoms with Gasteiger partial charge in [0.15, 0.2) is 4.80 Å². The standard InChI is InChI=1S/C28H22ClN3O7S/c1-16-24(27(34)38-13-12-37-2)25(20-8-3-4-9-21(20)29)31-26(33)23(40-28(31)30-16)15-19-10-11-22(39-19)17-6-5-7-18(14-17)32(35)36/h3-11,14-15,25H,12-13H2,1-2H3/b23-15-/t25-/m0/s1. The van der Waals surface area contributed by atoms with Crippen molar-refractivity contribution in [1.29, 1.82) is 0 Å². The van der Waals surface area contributed by atoms with Crippen LogP contribution >= 0.6 is 22.9 Å². The van der Waals surface area contributed by atoms with Crippen molar-refractivity contribution in [2.24, 2.45) is 4.99 Å². The van der Waals surface area contributed by atoms with Crippen molar-refractivity contribution in [2.75, 3.05) is 20.3 Å². The van der Waals surface area contributed by atoms with Gasteiger partial charge in [-0.05, 0) is 30.7 Å². The van der Waals surface area contributed by atoms with E-state index in [-0.39, 0.29) is 24.5 Å². The van der Waals surface area contributed by atoms with Crippen LogP contribution in [0, 0.1) is 10.1 Å². The third kappa shape index (κ3) is 5.26. The number of nitro benzene ring substituents is 1. The molecule has 10 nitrogen and oxygen atoms in total. The van der Waals surface area contributed by atoms with E-state index in [0.717, 1.165) is 11.3 Å². The molecule has 0 aliphatic carbocycles. The predicted octanol–water partition coefficient (Wildman–Crippen LogP) is 4.25. The summed E-state index contributed by atoms with van der Waals surface area (Å²) in [5.74, 6) is 0.162. The number of carbonyl (C=O) groups excluding carboxylic acids is 1. The molecule has 1 aliphatic rings. The van der Waals surface area contributed by atoms with Crippen molar-refractivity contribution in [1.82, 2.24) is 4.57 Å². The zero-order chi connectivity index (χ0) is 28.4. The van der Waals surface area contributed by atoms with Crippen molar-refractivity contribution < 1.29 is 23.6 Å². The Morgan fingerprint density at radius 2 is 2.00 bits per heavy atom. The molecule has 0 saturated heterocycles. The molecule has 0 N–H and O–H groups in total. The molecule has 204 valence electrons. The number of hydrogen-bond donors (Lipinski definition) is 0. The van der Waals surface area contributed by atoms with Crippen molar-refractivity contribution >= 4 is 40.7 Å². The monoisotopic (exact) mass is 579 g/mol. The minimum absolute atomic E-state index is 0.0389. The van der Waals surface area contributed by atoms with E-state index >= 15 is 0 Å². The summed E-state index contributed by atoms with van der Waals surface area (Å²) in [5, 5.41) is 11.5. The summed E-state index contributed by atoms with van der Waals surface area (Å²) in [4.78, 5) is 42.6. The molecule has 40 heavy (non-hydrogen) atoms. The maximum Gasteiger partial charge on any atom is 0.338 e. The first-order valence-corrected chi connectivity index (χ1v) is 13.3. The van der Waals surface area contributed by atoms with Crippen LogP contribution in [0.25, 0.3) is 17.4 Å². The Morgan fingerprint density at radius 3 is 2.75 bits per heavy atom. The second-order valence-corrected chi connectivity index (χ2v) is 10.2. The van der Waals surface area contributed by atoms with E-state index in [9.17, 15) is 19.7 Å². The average molecular weight is 580 g/mol. The molecule has 0 bridgehead atoms. The van der Waals surface area contributed by atoms with Crippen molar-refractivity contribution in [2.45, 2.75) is 13.0 Å². The summed E-state index contributed by atoms with van der Waals surface area (Å²) in [6.45, 7) is 1.94. The van der Waals surface area contributed by atoms with E-state index in [4.69, 9.17) is 25.5 Å². The fraction of sp³-hybridized carbons (Fsp3) is 0.179. The third-order valence-electron chi connectivity index (χ3n) is 6.20. The number of ether oxygens (including phenoxy) is 2. The van der Waals surface area contributed by atoms with Gasteiger partial charge < -0.3 is 13.9 Å². The van der Waals surface area contributed by atoms with Crippen molar-refractivity contribution in [3.8, 4) is 11.3 Å². The number of nitrogens with zero attached hydrogens (tertiary/aromatic N) is 3. The lowest BCUT2D eigenvalue weighted by Crippen LogP contribution is -2.40. The quantitative estimate of drug-likeness (QED) is 0.132. The normalized spacial score (nSPS) is 15.1. The number of halogens is 1. The van der Waals surface area contributed by atoms with Gasteiger partial charge in [-0.15, -0.1) is 0 Å². The second kappa shape index (κ2) is 11.4. The van der Waals surface area contributed by atoms with Gasteiger partial charge in [0.05, 0.1) is 27.3 Å². The molecule has 0 fully saturated rings. The molecule has 12 heteroatoms. The van der Waals surface area contributed by atoms with E-state index in [1.165, 1.54) is 23.8 Å². The topological polar surface area (TPSA) is 126 Å². The van der Waals surface area contributed by atoms with Crippen LogP contribution in [0.5, 0.6) is 0 Å². The number of aromatic nitrogens is 1. The van der Waals surface area contributed by atoms with Gasteiger partial charge in [-0.2, -0.15) is 0 Å². The van der Waals surface area contributed by atoms with Crippen molar-refractivity contribution in [3.05, 3.63) is 118 Å². The number of benzene rings is 2. The third-order valence-corrected chi connectivity index (χ3v) is 7.53. The molecule has 1 atom stereocenters. The Bertz CT molecular complexity index is 1840. The number of thiazole rings is 1. The van der Waals surface area contributed by atoms with Crippen LogP contribution in [-0.4, -0.2) is 35.8 Å². The van der Waals surface area contributed by atoms with Crippen LogP contribution in [0.4, 0.5) is 5.69 Å². The first-order valence-electron chi connectivity index (χ1n) is 12.1. The van der Waals surface area contributed by atoms with Gasteiger partial charge in [-0.25, -0.2) is 9.79 Å². The number of furan rings is 1. The van der Waals surface area contributed by atoms with Crippen LogP contribution < -0.4 is 14.9 Å². The maximum absolute atomic E-state index is 13.8. The smallest absolute Gasteiger partial charge is 0.338 e. The van der Waals surface area contributed by atoms with Gasteiger partial charge in [0.25, 0.3) is 11.2 Å². The van der Waals surface area contributed by atoms with E-state index in [0.29, 0.717) is 42.7 Å². The summed E-state index contributed by atoms with van der Waals surface area (Å²) in [7, 11) is 1.50. The number of rotatable bonds is 8. The molecule has 1 aliphatic heterocycles. The minimum atomic E-state index is -0.862. The molecule has 4 aromatic rings. The highest BCUT2D eigenvalue weighted by atomic mass is 35.5. The van der Waals surface area contributed by atoms with Gasteiger partial charge in [0, 0.05) is 35.9 Å². The van der Waals surface area contributed by atoms with E-state index in [2.05, 4.69) is 4.99 Å². The number of non-ortho nitro benzene ring substituents is 1. The highest BCUT2D eigenvalue weighted by molar-refractivity contribution is 7.07. The molecular weight excluding hydrogens is 558 g/mol. The lowest BCUT2D eigenvalue weighted by Gasteiger charge is -2.25. The zero-order valence-electron chi connectivity index (χ0n) is 21.3. The van der Waals surface area contributed by atoms with Crippen LogP contribution in [0.2, 0.25) is 5.02 Å². The molecule has 5 rings (SSSR count). The van der Waals surface area contributed by atoms with Gasteiger partial charge in [-0.3, -0.25) is 19.5 Å². The number of carbonyl (C=O) groups is 1. The van der Waals surface area contributed by atoms with Crippen LogP contribution in [-0.2, 0) is 14.3 Å². The lowest BCUT2D eigenvalue weighted by atomic mass is 9.96. The largest absolute Gasteiger partial charge is 0.460 e. The molecular formula is C28H22ClN3O7S. The summed E-state index contributed by atoms with van der Waals surface area (Å²) in [6, 6.07) is 15.5. The predicted molar refractivity (Wildman–Crippen MR) is 149 cm³/mol. The highest BCUT2D eigenvalue weighted by Crippen LogP contribution is 2.34.